The number of halogens is 1. The minimum Gasteiger partial charge on any atom is -0.485 e. The Bertz CT molecular complexity index is 1490. The molecule has 0 amide bonds. The molecule has 2 unspecified atom stereocenters. The third kappa shape index (κ3) is 5.28. The zero-order valence-corrected chi connectivity index (χ0v) is 24.6. The fourth-order valence-electron chi connectivity index (χ4n) is 7.40. The number of ether oxygens (including phenoxy) is 3. The molecular weight excluding hydrogens is 531 g/mol. The van der Waals surface area contributed by atoms with Crippen molar-refractivity contribution in [3.63, 3.8) is 0 Å². The third-order valence-corrected chi connectivity index (χ3v) is 9.94. The summed E-state index contributed by atoms with van der Waals surface area (Å²) >= 11 is 0. The lowest BCUT2D eigenvalue weighted by atomic mass is 9.82. The van der Waals surface area contributed by atoms with E-state index in [1.807, 2.05) is 13.0 Å². The molecule has 220 valence electrons. The normalized spacial score (nSPS) is 24.2. The quantitative estimate of drug-likeness (QED) is 0.266. The van der Waals surface area contributed by atoms with Crippen molar-refractivity contribution in [3.8, 4) is 22.8 Å². The van der Waals surface area contributed by atoms with Crippen LogP contribution in [0.15, 0.2) is 48.7 Å². The maximum atomic E-state index is 15.1. The van der Waals surface area contributed by atoms with Gasteiger partial charge in [0.2, 0.25) is 5.88 Å². The number of fused-ring (bicyclic) bond motifs is 2. The highest BCUT2D eigenvalue weighted by molar-refractivity contribution is 5.73. The molecule has 1 aromatic heterocycles. The van der Waals surface area contributed by atoms with Crippen molar-refractivity contribution >= 4 is 5.97 Å². The van der Waals surface area contributed by atoms with Gasteiger partial charge in [-0.2, -0.15) is 0 Å². The number of benzene rings is 2. The highest BCUT2D eigenvalue weighted by Crippen LogP contribution is 2.49. The van der Waals surface area contributed by atoms with Crippen LogP contribution < -0.4 is 9.47 Å². The van der Waals surface area contributed by atoms with Crippen LogP contribution in [0.2, 0.25) is 0 Å². The van der Waals surface area contributed by atoms with Crippen molar-refractivity contribution in [1.29, 1.82) is 0 Å². The lowest BCUT2D eigenvalue weighted by molar-refractivity contribution is -0.145. The average molecular weight is 571 g/mol. The van der Waals surface area contributed by atoms with Crippen LogP contribution in [0.3, 0.4) is 0 Å². The van der Waals surface area contributed by atoms with E-state index in [0.717, 1.165) is 85.2 Å². The molecule has 2 aromatic carbocycles. The molecule has 5 atom stereocenters. The SMILES string of the molecule is COC(=O)[C@@H](C)[C@H](c1ccc2c(c1)O[C@H](c1ccc(-c3cc(OC)ncc3F)c(CN3CC4CC4C3)c1)CC2)C1CC1. The number of esters is 1. The van der Waals surface area contributed by atoms with Crippen LogP contribution in [0.5, 0.6) is 11.6 Å². The maximum absolute atomic E-state index is 15.1. The third-order valence-electron chi connectivity index (χ3n) is 9.94. The van der Waals surface area contributed by atoms with E-state index in [1.54, 1.807) is 13.2 Å². The van der Waals surface area contributed by atoms with Gasteiger partial charge < -0.3 is 14.2 Å². The van der Waals surface area contributed by atoms with Crippen molar-refractivity contribution < 1.29 is 23.4 Å². The molecule has 0 N–H and O–H groups in total. The van der Waals surface area contributed by atoms with E-state index < -0.39 is 0 Å². The summed E-state index contributed by atoms with van der Waals surface area (Å²) in [7, 11) is 3.02. The van der Waals surface area contributed by atoms with Crippen molar-refractivity contribution in [2.75, 3.05) is 27.3 Å². The van der Waals surface area contributed by atoms with Crippen molar-refractivity contribution in [1.82, 2.24) is 9.88 Å². The summed E-state index contributed by atoms with van der Waals surface area (Å²) in [4.78, 5) is 19.0. The first-order valence-electron chi connectivity index (χ1n) is 15.3. The molecule has 4 aliphatic rings. The Morgan fingerprint density at radius 3 is 2.62 bits per heavy atom. The summed E-state index contributed by atoms with van der Waals surface area (Å²) in [6.45, 7) is 4.98. The highest BCUT2D eigenvalue weighted by atomic mass is 19.1. The number of likely N-dealkylation sites (tertiary alicyclic amines) is 1. The van der Waals surface area contributed by atoms with E-state index in [0.29, 0.717) is 17.4 Å². The van der Waals surface area contributed by atoms with Gasteiger partial charge in [-0.15, -0.1) is 0 Å². The molecule has 2 aliphatic carbocycles. The Labute approximate surface area is 247 Å². The molecule has 7 heteroatoms. The molecule has 0 radical (unpaired) electrons. The second-order valence-corrected chi connectivity index (χ2v) is 12.8. The van der Waals surface area contributed by atoms with E-state index in [-0.39, 0.29) is 29.7 Å². The fourth-order valence-corrected chi connectivity index (χ4v) is 7.40. The van der Waals surface area contributed by atoms with E-state index in [4.69, 9.17) is 14.2 Å². The number of methoxy groups -OCH3 is 2. The van der Waals surface area contributed by atoms with Gasteiger partial charge in [-0.3, -0.25) is 9.69 Å². The molecule has 0 spiro atoms. The summed E-state index contributed by atoms with van der Waals surface area (Å²) in [6.07, 6.45) is 6.57. The first kappa shape index (κ1) is 27.4. The van der Waals surface area contributed by atoms with Gasteiger partial charge in [-0.1, -0.05) is 37.3 Å². The van der Waals surface area contributed by atoms with Crippen molar-refractivity contribution in [3.05, 3.63) is 76.7 Å². The molecule has 42 heavy (non-hydrogen) atoms. The number of piperidine rings is 1. The minimum atomic E-state index is -0.351. The Morgan fingerprint density at radius 1 is 1.07 bits per heavy atom. The van der Waals surface area contributed by atoms with Gasteiger partial charge in [-0.25, -0.2) is 9.37 Å². The molecule has 2 aliphatic heterocycles. The number of rotatable bonds is 9. The number of aryl methyl sites for hydroxylation is 1. The van der Waals surface area contributed by atoms with Crippen LogP contribution in [0.4, 0.5) is 4.39 Å². The van der Waals surface area contributed by atoms with E-state index in [2.05, 4.69) is 40.2 Å². The Balaban J connectivity index is 1.19. The summed E-state index contributed by atoms with van der Waals surface area (Å²) in [6, 6.07) is 14.5. The fraction of sp³-hybridized carbons (Fsp3) is 0.486. The summed E-state index contributed by atoms with van der Waals surface area (Å²) < 4.78 is 32.2. The number of hydrogen-bond donors (Lipinski definition) is 0. The second-order valence-electron chi connectivity index (χ2n) is 12.8. The average Bonchev–Trinajstić information content (AvgIpc) is 3.95. The number of carbonyl (C=O) groups excluding carboxylic acids is 1. The summed E-state index contributed by atoms with van der Waals surface area (Å²) in [5.74, 6) is 2.89. The standard InChI is InChI=1S/C35H39FN2O4/c1-20(35(39)41-3)34(22-5-6-22)24-7-4-21-9-11-31(42-32(21)14-24)23-8-10-28(29-15-33(40-2)37-16-30(29)36)27(12-23)19-38-17-25-13-26(25)18-38/h4,7-8,10,12,14-16,20,22,25-26,31,34H,5-6,9,11,13,17-19H2,1-3H3/t20-,25?,26?,31-,34-/m0/s1. The number of carbonyl (C=O) groups is 1. The summed E-state index contributed by atoms with van der Waals surface area (Å²) in [5.41, 5.74) is 5.95. The van der Waals surface area contributed by atoms with Gasteiger partial charge in [0.15, 0.2) is 0 Å². The van der Waals surface area contributed by atoms with E-state index in [9.17, 15) is 4.79 Å². The van der Waals surface area contributed by atoms with Crippen molar-refractivity contribution in [2.45, 2.75) is 57.6 Å². The van der Waals surface area contributed by atoms with Gasteiger partial charge in [0.05, 0.1) is 26.3 Å². The number of pyridine rings is 1. The number of nitrogens with zero attached hydrogens (tertiary/aromatic N) is 2. The van der Waals surface area contributed by atoms with Crippen molar-refractivity contribution in [2.24, 2.45) is 23.7 Å². The summed E-state index contributed by atoms with van der Waals surface area (Å²) in [5, 5.41) is 0. The molecule has 7 rings (SSSR count). The van der Waals surface area contributed by atoms with E-state index >= 15 is 4.39 Å². The van der Waals surface area contributed by atoms with Gasteiger partial charge >= 0.3 is 5.97 Å². The van der Waals surface area contributed by atoms with Gasteiger partial charge in [0.25, 0.3) is 0 Å². The molecule has 1 saturated heterocycles. The predicted molar refractivity (Wildman–Crippen MR) is 158 cm³/mol. The molecule has 3 fully saturated rings. The monoisotopic (exact) mass is 570 g/mol. The van der Waals surface area contributed by atoms with Crippen LogP contribution in [-0.4, -0.2) is 43.2 Å². The largest absolute Gasteiger partial charge is 0.485 e. The molecule has 0 bridgehead atoms. The number of hydrogen-bond acceptors (Lipinski definition) is 6. The van der Waals surface area contributed by atoms with Crippen LogP contribution in [0, 0.1) is 29.5 Å². The molecular formula is C35H39FN2O4. The smallest absolute Gasteiger partial charge is 0.309 e. The van der Waals surface area contributed by atoms with Gasteiger partial charge in [0.1, 0.15) is 17.7 Å². The molecule has 6 nitrogen and oxygen atoms in total. The minimum absolute atomic E-state index is 0.0956. The number of aromatic nitrogens is 1. The van der Waals surface area contributed by atoms with Crippen LogP contribution in [-0.2, 0) is 22.5 Å². The lowest BCUT2D eigenvalue weighted by Gasteiger charge is -2.30. The van der Waals surface area contributed by atoms with Gasteiger partial charge in [0, 0.05) is 31.3 Å². The van der Waals surface area contributed by atoms with Crippen LogP contribution in [0.25, 0.3) is 11.1 Å². The Morgan fingerprint density at radius 2 is 1.88 bits per heavy atom. The van der Waals surface area contributed by atoms with E-state index in [1.165, 1.54) is 25.3 Å². The van der Waals surface area contributed by atoms with Crippen LogP contribution >= 0.6 is 0 Å². The zero-order valence-electron chi connectivity index (χ0n) is 24.6. The molecule has 2 saturated carbocycles. The Hall–Kier alpha value is -3.45. The van der Waals surface area contributed by atoms with Gasteiger partial charge in [-0.05, 0) is 89.7 Å². The zero-order chi connectivity index (χ0) is 29.0. The van der Waals surface area contributed by atoms with Crippen LogP contribution in [0.1, 0.15) is 66.9 Å². The maximum Gasteiger partial charge on any atom is 0.309 e. The highest BCUT2D eigenvalue weighted by Gasteiger charge is 2.45. The second kappa shape index (κ2) is 11.0. The Kier molecular flexibility index (Phi) is 7.17. The predicted octanol–water partition coefficient (Wildman–Crippen LogP) is 6.72. The molecule has 3 heterocycles. The first-order valence-corrected chi connectivity index (χ1v) is 15.3. The topological polar surface area (TPSA) is 60.9 Å². The lowest BCUT2D eigenvalue weighted by Crippen LogP contribution is -2.23. The first-order chi connectivity index (χ1) is 20.4. The molecule has 3 aromatic rings.